The van der Waals surface area contributed by atoms with Gasteiger partial charge in [-0.1, -0.05) is 11.8 Å². The first-order chi connectivity index (χ1) is 9.92. The number of aliphatic hydroxyl groups is 1. The summed E-state index contributed by atoms with van der Waals surface area (Å²) in [7, 11) is -2.22. The molecule has 0 radical (unpaired) electrons. The zero-order valence-corrected chi connectivity index (χ0v) is 11.9. The van der Waals surface area contributed by atoms with Gasteiger partial charge < -0.3 is 5.11 Å². The van der Waals surface area contributed by atoms with Crippen molar-refractivity contribution in [3.63, 3.8) is 0 Å². The maximum absolute atomic E-state index is 13.7. The molecule has 0 aliphatic carbocycles. The van der Waals surface area contributed by atoms with Gasteiger partial charge in [0.1, 0.15) is 17.3 Å². The minimum absolute atomic E-state index is 0.0189. The lowest BCUT2D eigenvalue weighted by atomic mass is 10.2. The highest BCUT2D eigenvalue weighted by molar-refractivity contribution is 7.92. The summed E-state index contributed by atoms with van der Waals surface area (Å²) in [5.74, 6) is 4.06. The molecule has 21 heavy (non-hydrogen) atoms. The molecule has 0 unspecified atom stereocenters. The minimum Gasteiger partial charge on any atom is -0.384 e. The lowest BCUT2D eigenvalue weighted by Gasteiger charge is -2.06. The number of nitrogens with zero attached hydrogens (tertiary/aromatic N) is 2. The molecule has 0 bridgehead atoms. The Bertz CT molecular complexity index is 819. The number of hydrogen-bond acceptors (Lipinski definition) is 4. The molecule has 2 N–H and O–H groups in total. The molecule has 6 nitrogen and oxygen atoms in total. The second kappa shape index (κ2) is 5.95. The summed E-state index contributed by atoms with van der Waals surface area (Å²) in [6.45, 7) is -0.380. The van der Waals surface area contributed by atoms with Gasteiger partial charge in [-0.05, 0) is 18.2 Å². The van der Waals surface area contributed by atoms with Gasteiger partial charge in [-0.15, -0.1) is 0 Å². The summed E-state index contributed by atoms with van der Waals surface area (Å²) in [5, 5.41) is 12.3. The van der Waals surface area contributed by atoms with Crippen molar-refractivity contribution in [3.05, 3.63) is 42.0 Å². The molecular formula is C13H12FN3O3S. The summed E-state index contributed by atoms with van der Waals surface area (Å²) in [6.07, 6.45) is 2.53. The van der Waals surface area contributed by atoms with E-state index < -0.39 is 15.8 Å². The molecule has 1 aromatic carbocycles. The van der Waals surface area contributed by atoms with Crippen molar-refractivity contribution in [3.8, 4) is 11.8 Å². The first-order valence-corrected chi connectivity index (χ1v) is 7.31. The third kappa shape index (κ3) is 3.59. The zero-order chi connectivity index (χ0) is 15.5. The van der Waals surface area contributed by atoms with Crippen LogP contribution in [0.2, 0.25) is 0 Å². The summed E-state index contributed by atoms with van der Waals surface area (Å²) < 4.78 is 41.4. The van der Waals surface area contributed by atoms with E-state index in [1.165, 1.54) is 29.2 Å². The van der Waals surface area contributed by atoms with Crippen molar-refractivity contribution in [1.82, 2.24) is 9.78 Å². The summed E-state index contributed by atoms with van der Waals surface area (Å²) in [6, 6.07) is 3.74. The van der Waals surface area contributed by atoms with Gasteiger partial charge in [0.25, 0.3) is 10.0 Å². The van der Waals surface area contributed by atoms with E-state index in [1.807, 2.05) is 0 Å². The molecule has 8 heteroatoms. The maximum atomic E-state index is 13.7. The molecule has 0 aliphatic heterocycles. The number of rotatable bonds is 3. The fourth-order valence-corrected chi connectivity index (χ4v) is 2.60. The Morgan fingerprint density at radius 2 is 2.24 bits per heavy atom. The van der Waals surface area contributed by atoms with Crippen molar-refractivity contribution in [2.75, 3.05) is 11.3 Å². The Kier molecular flexibility index (Phi) is 4.26. The number of aromatic nitrogens is 2. The van der Waals surface area contributed by atoms with E-state index in [0.29, 0.717) is 0 Å². The molecular weight excluding hydrogens is 297 g/mol. The third-order valence-electron chi connectivity index (χ3n) is 2.51. The normalized spacial score (nSPS) is 10.8. The second-order valence-electron chi connectivity index (χ2n) is 4.11. The molecule has 0 amide bonds. The maximum Gasteiger partial charge on any atom is 0.265 e. The fraction of sp³-hybridized carbons (Fsp3) is 0.154. The van der Waals surface area contributed by atoms with Crippen molar-refractivity contribution in [2.45, 2.75) is 4.90 Å². The minimum atomic E-state index is -3.82. The summed E-state index contributed by atoms with van der Waals surface area (Å²) in [5.41, 5.74) is 0.152. The van der Waals surface area contributed by atoms with Crippen LogP contribution in [0.3, 0.4) is 0 Å². The van der Waals surface area contributed by atoms with Gasteiger partial charge in [0.15, 0.2) is 0 Å². The molecule has 0 aliphatic rings. The Morgan fingerprint density at radius 3 is 2.81 bits per heavy atom. The van der Waals surface area contributed by atoms with Crippen LogP contribution in [0.25, 0.3) is 0 Å². The number of aryl methyl sites for hydroxylation is 1. The van der Waals surface area contributed by atoms with E-state index in [-0.39, 0.29) is 22.8 Å². The Hall–Kier alpha value is -2.37. The number of halogens is 1. The highest BCUT2D eigenvalue weighted by atomic mass is 32.2. The predicted octanol–water partition coefficient (Wildman–Crippen LogP) is 0.704. The van der Waals surface area contributed by atoms with E-state index in [9.17, 15) is 12.8 Å². The molecule has 0 atom stereocenters. The Labute approximate surface area is 121 Å². The lowest BCUT2D eigenvalue weighted by molar-refractivity contribution is 0.350. The van der Waals surface area contributed by atoms with Gasteiger partial charge >= 0.3 is 0 Å². The van der Waals surface area contributed by atoms with Gasteiger partial charge in [-0.25, -0.2) is 12.8 Å². The average molecular weight is 309 g/mol. The molecule has 0 saturated heterocycles. The standard InChI is InChI=1S/C13H12FN3O3S/c1-17-9-12(8-15-17)21(19,20)16-11-5-4-10(3-2-6-18)13(14)7-11/h4-5,7-9,16,18H,6H2,1H3. The van der Waals surface area contributed by atoms with Crippen LogP contribution in [-0.4, -0.2) is 29.9 Å². The van der Waals surface area contributed by atoms with Crippen LogP contribution in [-0.2, 0) is 17.1 Å². The molecule has 0 saturated carbocycles. The van der Waals surface area contributed by atoms with Crippen LogP contribution in [0.15, 0.2) is 35.5 Å². The number of nitrogens with one attached hydrogen (secondary N) is 1. The van der Waals surface area contributed by atoms with E-state index in [1.54, 1.807) is 7.05 Å². The lowest BCUT2D eigenvalue weighted by Crippen LogP contribution is -2.12. The highest BCUT2D eigenvalue weighted by Crippen LogP contribution is 2.18. The van der Waals surface area contributed by atoms with Gasteiger partial charge in [-0.2, -0.15) is 5.10 Å². The van der Waals surface area contributed by atoms with Crippen molar-refractivity contribution >= 4 is 15.7 Å². The molecule has 2 rings (SSSR count). The van der Waals surface area contributed by atoms with Gasteiger partial charge in [-0.3, -0.25) is 9.40 Å². The van der Waals surface area contributed by atoms with Crippen LogP contribution in [0, 0.1) is 17.7 Å². The Morgan fingerprint density at radius 1 is 1.48 bits per heavy atom. The van der Waals surface area contributed by atoms with Gasteiger partial charge in [0.2, 0.25) is 0 Å². The van der Waals surface area contributed by atoms with Crippen LogP contribution >= 0.6 is 0 Å². The smallest absolute Gasteiger partial charge is 0.265 e. The molecule has 1 aromatic heterocycles. The molecule has 2 aromatic rings. The Balaban J connectivity index is 2.26. The number of anilines is 1. The first-order valence-electron chi connectivity index (χ1n) is 5.83. The molecule has 0 spiro atoms. The fourth-order valence-electron chi connectivity index (χ4n) is 1.57. The molecule has 1 heterocycles. The van der Waals surface area contributed by atoms with Crippen molar-refractivity contribution in [2.24, 2.45) is 7.05 Å². The van der Waals surface area contributed by atoms with Gasteiger partial charge in [0, 0.05) is 13.2 Å². The van der Waals surface area contributed by atoms with Crippen molar-refractivity contribution in [1.29, 1.82) is 0 Å². The quantitative estimate of drug-likeness (QED) is 0.818. The SMILES string of the molecule is Cn1cc(S(=O)(=O)Nc2ccc(C#CCO)c(F)c2)cn1. The number of aliphatic hydroxyl groups excluding tert-OH is 1. The van der Waals surface area contributed by atoms with Crippen LogP contribution < -0.4 is 4.72 Å². The average Bonchev–Trinajstić information content (AvgIpc) is 2.85. The topological polar surface area (TPSA) is 84.2 Å². The van der Waals surface area contributed by atoms with Crippen LogP contribution in [0.5, 0.6) is 0 Å². The number of hydrogen-bond donors (Lipinski definition) is 2. The number of sulfonamides is 1. The summed E-state index contributed by atoms with van der Waals surface area (Å²) >= 11 is 0. The molecule has 0 fully saturated rings. The third-order valence-corrected chi connectivity index (χ3v) is 3.85. The van der Waals surface area contributed by atoms with Crippen LogP contribution in [0.1, 0.15) is 5.56 Å². The monoisotopic (exact) mass is 309 g/mol. The number of benzene rings is 1. The van der Waals surface area contributed by atoms with Crippen molar-refractivity contribution < 1.29 is 17.9 Å². The first kappa shape index (κ1) is 15.0. The van der Waals surface area contributed by atoms with E-state index in [4.69, 9.17) is 5.11 Å². The van der Waals surface area contributed by atoms with Gasteiger partial charge in [0.05, 0.1) is 17.4 Å². The summed E-state index contributed by atoms with van der Waals surface area (Å²) in [4.78, 5) is -0.0189. The second-order valence-corrected chi connectivity index (χ2v) is 5.79. The largest absolute Gasteiger partial charge is 0.384 e. The molecule has 110 valence electrons. The van der Waals surface area contributed by atoms with Crippen LogP contribution in [0.4, 0.5) is 10.1 Å². The van der Waals surface area contributed by atoms with E-state index >= 15 is 0 Å². The highest BCUT2D eigenvalue weighted by Gasteiger charge is 2.16. The van der Waals surface area contributed by atoms with E-state index in [0.717, 1.165) is 6.07 Å². The predicted molar refractivity (Wildman–Crippen MR) is 74.4 cm³/mol. The zero-order valence-electron chi connectivity index (χ0n) is 11.0. The van der Waals surface area contributed by atoms with E-state index in [2.05, 4.69) is 21.7 Å².